The second-order valence-corrected chi connectivity index (χ2v) is 3.82. The molecule has 2 aromatic rings. The summed E-state index contributed by atoms with van der Waals surface area (Å²) in [5.74, 6) is 0. The highest BCUT2D eigenvalue weighted by Gasteiger charge is 2.18. The highest BCUT2D eigenvalue weighted by atomic mass is 16.2. The van der Waals surface area contributed by atoms with Crippen molar-refractivity contribution in [2.75, 3.05) is 24.2 Å². The fraction of sp³-hybridized carbons (Fsp3) is 0.231. The molecule has 0 atom stereocenters. The van der Waals surface area contributed by atoms with Crippen LogP contribution in [0.15, 0.2) is 39.9 Å². The molecule has 0 bridgehead atoms. The molecule has 0 aliphatic heterocycles. The number of nitrogens with one attached hydrogen (secondary N) is 2. The smallest absolute Gasteiger partial charge is 0.253 e. The van der Waals surface area contributed by atoms with Gasteiger partial charge in [0.25, 0.3) is 10.9 Å². The van der Waals surface area contributed by atoms with E-state index in [9.17, 15) is 9.59 Å². The zero-order chi connectivity index (χ0) is 12.3. The van der Waals surface area contributed by atoms with Gasteiger partial charge in [0.05, 0.1) is 0 Å². The summed E-state index contributed by atoms with van der Waals surface area (Å²) in [6, 6.07) is 9.98. The number of benzene rings is 1. The van der Waals surface area contributed by atoms with Crippen LogP contribution in [0.4, 0.5) is 11.4 Å². The van der Waals surface area contributed by atoms with E-state index >= 15 is 0 Å². The molecule has 0 saturated carbocycles. The molecule has 2 rings (SSSR count). The van der Waals surface area contributed by atoms with E-state index in [1.54, 1.807) is 7.05 Å². The Morgan fingerprint density at radius 2 is 1.65 bits per heavy atom. The lowest BCUT2D eigenvalue weighted by Crippen LogP contribution is -2.37. The van der Waals surface area contributed by atoms with Gasteiger partial charge in [-0.25, -0.2) is 0 Å². The Hall–Kier alpha value is -2.10. The summed E-state index contributed by atoms with van der Waals surface area (Å²) < 4.78 is 0. The van der Waals surface area contributed by atoms with Crippen LogP contribution in [0.3, 0.4) is 0 Å². The maximum atomic E-state index is 11.3. The number of anilines is 2. The largest absolute Gasteiger partial charge is 0.383 e. The molecule has 0 saturated heterocycles. The SMILES string of the molecule is CNc1c(NCCc2ccccc2)c(=O)c1=O. The molecule has 4 nitrogen and oxygen atoms in total. The van der Waals surface area contributed by atoms with E-state index in [0.29, 0.717) is 17.9 Å². The van der Waals surface area contributed by atoms with Gasteiger partial charge in [-0.3, -0.25) is 9.59 Å². The Balaban J connectivity index is 1.93. The van der Waals surface area contributed by atoms with Crippen molar-refractivity contribution in [1.29, 1.82) is 0 Å². The molecule has 4 heteroatoms. The van der Waals surface area contributed by atoms with Crippen molar-refractivity contribution in [1.82, 2.24) is 0 Å². The average molecular weight is 230 g/mol. The molecule has 0 aliphatic carbocycles. The van der Waals surface area contributed by atoms with Crippen LogP contribution in [0.1, 0.15) is 5.56 Å². The lowest BCUT2D eigenvalue weighted by molar-refractivity contribution is 1.01. The average Bonchev–Trinajstić information content (AvgIpc) is 2.38. The Labute approximate surface area is 99.0 Å². The minimum Gasteiger partial charge on any atom is -0.383 e. The van der Waals surface area contributed by atoms with Crippen molar-refractivity contribution in [2.24, 2.45) is 0 Å². The van der Waals surface area contributed by atoms with Crippen molar-refractivity contribution in [2.45, 2.75) is 6.42 Å². The van der Waals surface area contributed by atoms with Crippen LogP contribution in [0.2, 0.25) is 0 Å². The molecule has 0 spiro atoms. The zero-order valence-electron chi connectivity index (χ0n) is 9.62. The van der Waals surface area contributed by atoms with E-state index in [1.807, 2.05) is 30.3 Å². The maximum absolute atomic E-state index is 11.3. The quantitative estimate of drug-likeness (QED) is 0.752. The minimum atomic E-state index is -0.435. The first-order valence-electron chi connectivity index (χ1n) is 5.53. The Morgan fingerprint density at radius 3 is 2.29 bits per heavy atom. The molecule has 0 heterocycles. The van der Waals surface area contributed by atoms with Crippen molar-refractivity contribution in [3.63, 3.8) is 0 Å². The van der Waals surface area contributed by atoms with Gasteiger partial charge < -0.3 is 10.6 Å². The first-order chi connectivity index (χ1) is 8.24. The fourth-order valence-electron chi connectivity index (χ4n) is 1.78. The molecule has 17 heavy (non-hydrogen) atoms. The molecule has 0 aromatic heterocycles. The number of hydrogen-bond acceptors (Lipinski definition) is 4. The van der Waals surface area contributed by atoms with Crippen molar-refractivity contribution >= 4 is 11.4 Å². The normalized spacial score (nSPS) is 10.4. The Kier molecular flexibility index (Phi) is 3.23. The third-order valence-electron chi connectivity index (χ3n) is 2.72. The highest BCUT2D eigenvalue weighted by molar-refractivity contribution is 5.73. The van der Waals surface area contributed by atoms with Gasteiger partial charge in [0.2, 0.25) is 0 Å². The van der Waals surface area contributed by atoms with Gasteiger partial charge in [0, 0.05) is 13.6 Å². The molecule has 0 aliphatic rings. The first-order valence-corrected chi connectivity index (χ1v) is 5.53. The van der Waals surface area contributed by atoms with E-state index in [1.165, 1.54) is 5.56 Å². The van der Waals surface area contributed by atoms with E-state index < -0.39 is 10.9 Å². The summed E-state index contributed by atoms with van der Waals surface area (Å²) in [5, 5.41) is 5.72. The second kappa shape index (κ2) is 4.82. The van der Waals surface area contributed by atoms with Crippen molar-refractivity contribution < 1.29 is 0 Å². The lowest BCUT2D eigenvalue weighted by atomic mass is 10.1. The Bertz CT molecular complexity index is 569. The summed E-state index contributed by atoms with van der Waals surface area (Å²) in [7, 11) is 1.64. The first kappa shape index (κ1) is 11.4. The van der Waals surface area contributed by atoms with Gasteiger partial charge >= 0.3 is 0 Å². The van der Waals surface area contributed by atoms with Crippen molar-refractivity contribution in [3.8, 4) is 0 Å². The molecule has 0 unspecified atom stereocenters. The summed E-state index contributed by atoms with van der Waals surface area (Å²) in [6.45, 7) is 0.642. The summed E-state index contributed by atoms with van der Waals surface area (Å²) in [6.07, 6.45) is 0.822. The third kappa shape index (κ3) is 2.20. The van der Waals surface area contributed by atoms with Gasteiger partial charge in [-0.1, -0.05) is 30.3 Å². The molecule has 2 N–H and O–H groups in total. The minimum absolute atomic E-state index is 0.392. The van der Waals surface area contributed by atoms with Crippen LogP contribution < -0.4 is 21.5 Å². The third-order valence-corrected chi connectivity index (χ3v) is 2.72. The Morgan fingerprint density at radius 1 is 1.00 bits per heavy atom. The zero-order valence-corrected chi connectivity index (χ0v) is 9.62. The van der Waals surface area contributed by atoms with Crippen LogP contribution in [0.25, 0.3) is 0 Å². The molecule has 0 amide bonds. The van der Waals surface area contributed by atoms with Crippen LogP contribution in [0.5, 0.6) is 0 Å². The molecule has 88 valence electrons. The fourth-order valence-corrected chi connectivity index (χ4v) is 1.78. The van der Waals surface area contributed by atoms with E-state index in [0.717, 1.165) is 6.42 Å². The topological polar surface area (TPSA) is 58.2 Å². The summed E-state index contributed by atoms with van der Waals surface area (Å²) >= 11 is 0. The van der Waals surface area contributed by atoms with Gasteiger partial charge in [-0.2, -0.15) is 0 Å². The second-order valence-electron chi connectivity index (χ2n) is 3.82. The van der Waals surface area contributed by atoms with Gasteiger partial charge in [-0.05, 0) is 12.0 Å². The van der Waals surface area contributed by atoms with Gasteiger partial charge in [0.15, 0.2) is 0 Å². The van der Waals surface area contributed by atoms with Crippen LogP contribution in [-0.2, 0) is 6.42 Å². The predicted molar refractivity (Wildman–Crippen MR) is 69.5 cm³/mol. The number of hydrogen-bond donors (Lipinski definition) is 2. The molecule has 0 radical (unpaired) electrons. The van der Waals surface area contributed by atoms with E-state index in [2.05, 4.69) is 10.6 Å². The number of rotatable bonds is 5. The summed E-state index contributed by atoms with van der Waals surface area (Å²) in [5.41, 5.74) is 1.14. The molecule has 2 aromatic carbocycles. The standard InChI is InChI=1S/C13H14N2O2/c1-14-10-11(13(17)12(10)16)15-8-7-9-5-3-2-4-6-9/h2-6,14-15H,7-8H2,1H3. The van der Waals surface area contributed by atoms with Crippen LogP contribution in [-0.4, -0.2) is 13.6 Å². The lowest BCUT2D eigenvalue weighted by Gasteiger charge is -2.12. The van der Waals surface area contributed by atoms with Crippen LogP contribution in [0, 0.1) is 0 Å². The molecule has 0 fully saturated rings. The van der Waals surface area contributed by atoms with Gasteiger partial charge in [0.1, 0.15) is 11.4 Å². The van der Waals surface area contributed by atoms with Crippen molar-refractivity contribution in [3.05, 3.63) is 56.3 Å². The maximum Gasteiger partial charge on any atom is 0.253 e. The van der Waals surface area contributed by atoms with Gasteiger partial charge in [-0.15, -0.1) is 0 Å². The predicted octanol–water partition coefficient (Wildman–Crippen LogP) is 0.979. The van der Waals surface area contributed by atoms with Crippen LogP contribution >= 0.6 is 0 Å². The van der Waals surface area contributed by atoms with E-state index in [4.69, 9.17) is 0 Å². The monoisotopic (exact) mass is 230 g/mol. The van der Waals surface area contributed by atoms with E-state index in [-0.39, 0.29) is 0 Å². The molecular weight excluding hydrogens is 216 g/mol. The highest BCUT2D eigenvalue weighted by Crippen LogP contribution is 2.12. The summed E-state index contributed by atoms with van der Waals surface area (Å²) in [4.78, 5) is 22.4. The molecular formula is C13H14N2O2.